The van der Waals surface area contributed by atoms with E-state index in [4.69, 9.17) is 0 Å². The molecule has 2 aromatic rings. The van der Waals surface area contributed by atoms with E-state index in [9.17, 15) is 9.59 Å². The summed E-state index contributed by atoms with van der Waals surface area (Å²) in [6, 6.07) is 6.03. The van der Waals surface area contributed by atoms with Crippen LogP contribution in [0.3, 0.4) is 0 Å². The number of likely N-dealkylation sites (N-methyl/N-ethyl adjacent to an activating group) is 1. The van der Waals surface area contributed by atoms with Gasteiger partial charge < -0.3 is 9.47 Å². The maximum absolute atomic E-state index is 12.7. The van der Waals surface area contributed by atoms with Gasteiger partial charge in [-0.15, -0.1) is 0 Å². The van der Waals surface area contributed by atoms with Crippen molar-refractivity contribution in [3.8, 4) is 0 Å². The van der Waals surface area contributed by atoms with Crippen molar-refractivity contribution < 1.29 is 9.59 Å². The summed E-state index contributed by atoms with van der Waals surface area (Å²) in [6.07, 6.45) is 1.92. The second kappa shape index (κ2) is 5.48. The van der Waals surface area contributed by atoms with E-state index in [-0.39, 0.29) is 11.7 Å². The smallest absolute Gasteiger partial charge is 0.258 e. The van der Waals surface area contributed by atoms with Crippen LogP contribution in [-0.2, 0) is 11.8 Å². The average molecular weight is 322 g/mol. The van der Waals surface area contributed by atoms with Crippen LogP contribution in [0.15, 0.2) is 18.2 Å². The Morgan fingerprint density at radius 3 is 2.38 bits per heavy atom. The van der Waals surface area contributed by atoms with E-state index in [1.165, 1.54) is 0 Å². The van der Waals surface area contributed by atoms with Crippen LogP contribution < -0.4 is 4.90 Å². The van der Waals surface area contributed by atoms with Crippen LogP contribution in [0.4, 0.5) is 5.69 Å². The van der Waals surface area contributed by atoms with E-state index in [0.717, 1.165) is 39.3 Å². The number of anilines is 1. The molecule has 0 bridgehead atoms. The van der Waals surface area contributed by atoms with Crippen LogP contribution in [0, 0.1) is 20.8 Å². The van der Waals surface area contributed by atoms with Crippen molar-refractivity contribution in [3.63, 3.8) is 0 Å². The number of fused-ring (bicyclic) bond motifs is 1. The molecule has 4 nitrogen and oxygen atoms in total. The molecule has 24 heavy (non-hydrogen) atoms. The van der Waals surface area contributed by atoms with Crippen LogP contribution >= 0.6 is 0 Å². The molecule has 0 unspecified atom stereocenters. The summed E-state index contributed by atoms with van der Waals surface area (Å²) >= 11 is 0. The number of aryl methyl sites for hydroxylation is 1. The number of nitrogens with zero attached hydrogens (tertiary/aromatic N) is 2. The molecule has 3 rings (SSSR count). The molecule has 0 saturated carbocycles. The number of ketones is 1. The molecule has 1 aliphatic rings. The van der Waals surface area contributed by atoms with Gasteiger partial charge in [0.1, 0.15) is 0 Å². The van der Waals surface area contributed by atoms with Crippen molar-refractivity contribution in [1.82, 2.24) is 4.57 Å². The molecule has 1 amide bonds. The standard InChI is InChI=1S/C20H22N2O2/c1-11-7-8-17-15(9-11)16(20(24)22(17)6)10-18-12(2)19(14(4)23)13(3)21(18)5/h7-10H,1-6H3/b16-10-. The van der Waals surface area contributed by atoms with E-state index in [1.54, 1.807) is 18.9 Å². The molecule has 0 radical (unpaired) electrons. The molecule has 0 aliphatic carbocycles. The van der Waals surface area contributed by atoms with Crippen molar-refractivity contribution in [1.29, 1.82) is 0 Å². The van der Waals surface area contributed by atoms with Crippen LogP contribution in [0.25, 0.3) is 11.6 Å². The number of hydrogen-bond acceptors (Lipinski definition) is 2. The van der Waals surface area contributed by atoms with Crippen molar-refractivity contribution in [3.05, 3.63) is 51.8 Å². The van der Waals surface area contributed by atoms with Crippen molar-refractivity contribution >= 4 is 29.0 Å². The highest BCUT2D eigenvalue weighted by Crippen LogP contribution is 2.38. The van der Waals surface area contributed by atoms with Crippen molar-refractivity contribution in [2.75, 3.05) is 11.9 Å². The minimum Gasteiger partial charge on any atom is -0.347 e. The Morgan fingerprint density at radius 2 is 1.79 bits per heavy atom. The highest BCUT2D eigenvalue weighted by Gasteiger charge is 2.30. The second-order valence-electron chi connectivity index (χ2n) is 6.53. The fraction of sp³-hybridized carbons (Fsp3) is 0.300. The van der Waals surface area contributed by atoms with Gasteiger partial charge in [0.05, 0.1) is 11.3 Å². The SMILES string of the molecule is CC(=O)c1c(C)c(/C=C2\C(=O)N(C)c3ccc(C)cc32)n(C)c1C. The third kappa shape index (κ3) is 2.21. The van der Waals surface area contributed by atoms with E-state index < -0.39 is 0 Å². The molecule has 1 aliphatic heterocycles. The molecule has 1 aromatic carbocycles. The number of amides is 1. The summed E-state index contributed by atoms with van der Waals surface area (Å²) in [5, 5.41) is 0. The van der Waals surface area contributed by atoms with Crippen molar-refractivity contribution in [2.45, 2.75) is 27.7 Å². The molecule has 0 spiro atoms. The summed E-state index contributed by atoms with van der Waals surface area (Å²) in [5.41, 5.74) is 7.16. The zero-order valence-electron chi connectivity index (χ0n) is 15.0. The van der Waals surface area contributed by atoms with E-state index in [2.05, 4.69) is 0 Å². The Labute approximate surface area is 142 Å². The zero-order chi connectivity index (χ0) is 17.8. The lowest BCUT2D eigenvalue weighted by Crippen LogP contribution is -2.20. The van der Waals surface area contributed by atoms with Gasteiger partial charge in [-0.05, 0) is 51.5 Å². The first-order valence-corrected chi connectivity index (χ1v) is 8.01. The number of rotatable bonds is 2. The number of Topliss-reactive ketones (excluding diaryl/α,β-unsaturated/α-hetero) is 1. The predicted octanol–water partition coefficient (Wildman–Crippen LogP) is 3.67. The van der Waals surface area contributed by atoms with Crippen LogP contribution in [-0.4, -0.2) is 23.3 Å². The van der Waals surface area contributed by atoms with E-state index >= 15 is 0 Å². The quantitative estimate of drug-likeness (QED) is 0.625. The molecular weight excluding hydrogens is 300 g/mol. The molecule has 0 fully saturated rings. The van der Waals surface area contributed by atoms with E-state index in [1.807, 2.05) is 56.7 Å². The van der Waals surface area contributed by atoms with E-state index in [0.29, 0.717) is 5.57 Å². The maximum atomic E-state index is 12.7. The zero-order valence-corrected chi connectivity index (χ0v) is 15.0. The first-order chi connectivity index (χ1) is 11.2. The first kappa shape index (κ1) is 16.2. The average Bonchev–Trinajstić information content (AvgIpc) is 2.87. The highest BCUT2D eigenvalue weighted by atomic mass is 16.2. The summed E-state index contributed by atoms with van der Waals surface area (Å²) in [7, 11) is 3.73. The predicted molar refractivity (Wildman–Crippen MR) is 97.4 cm³/mol. The van der Waals surface area contributed by atoms with Crippen LogP contribution in [0.1, 0.15) is 45.4 Å². The Hall–Kier alpha value is -2.62. The maximum Gasteiger partial charge on any atom is 0.258 e. The monoisotopic (exact) mass is 322 g/mol. The van der Waals surface area contributed by atoms with Gasteiger partial charge in [-0.25, -0.2) is 0 Å². The molecule has 124 valence electrons. The lowest BCUT2D eigenvalue weighted by molar-refractivity contribution is -0.112. The number of hydrogen-bond donors (Lipinski definition) is 0. The molecule has 0 saturated heterocycles. The molecular formula is C20H22N2O2. The molecule has 1 aromatic heterocycles. The first-order valence-electron chi connectivity index (χ1n) is 8.01. The van der Waals surface area contributed by atoms with Gasteiger partial charge in [0, 0.05) is 36.6 Å². The number of carbonyl (C=O) groups is 2. The number of benzene rings is 1. The summed E-state index contributed by atoms with van der Waals surface area (Å²) in [6.45, 7) is 7.48. The largest absolute Gasteiger partial charge is 0.347 e. The van der Waals surface area contributed by atoms with Crippen LogP contribution in [0.2, 0.25) is 0 Å². The summed E-state index contributed by atoms with van der Waals surface area (Å²) in [4.78, 5) is 26.3. The topological polar surface area (TPSA) is 42.3 Å². The van der Waals surface area contributed by atoms with Crippen molar-refractivity contribution in [2.24, 2.45) is 7.05 Å². The fourth-order valence-electron chi connectivity index (χ4n) is 3.56. The minimum atomic E-state index is -0.0155. The minimum absolute atomic E-state index is 0.0155. The highest BCUT2D eigenvalue weighted by molar-refractivity contribution is 6.35. The van der Waals surface area contributed by atoms with Gasteiger partial charge in [-0.3, -0.25) is 9.59 Å². The van der Waals surface area contributed by atoms with Gasteiger partial charge >= 0.3 is 0 Å². The Morgan fingerprint density at radius 1 is 1.12 bits per heavy atom. The normalized spacial score (nSPS) is 15.3. The number of carbonyl (C=O) groups excluding carboxylic acids is 2. The second-order valence-corrected chi connectivity index (χ2v) is 6.53. The summed E-state index contributed by atoms with van der Waals surface area (Å²) in [5.74, 6) is 0.0367. The van der Waals surface area contributed by atoms with Crippen LogP contribution in [0.5, 0.6) is 0 Å². The third-order valence-corrected chi connectivity index (χ3v) is 4.96. The van der Waals surface area contributed by atoms with Gasteiger partial charge in [-0.2, -0.15) is 0 Å². The number of aromatic nitrogens is 1. The van der Waals surface area contributed by atoms with Gasteiger partial charge in [0.25, 0.3) is 5.91 Å². The summed E-state index contributed by atoms with van der Waals surface area (Å²) < 4.78 is 1.99. The lowest BCUT2D eigenvalue weighted by Gasteiger charge is -2.08. The Bertz CT molecular complexity index is 916. The lowest BCUT2D eigenvalue weighted by atomic mass is 10.0. The Balaban J connectivity index is 2.25. The molecule has 0 atom stereocenters. The van der Waals surface area contributed by atoms with Gasteiger partial charge in [-0.1, -0.05) is 11.6 Å². The molecule has 0 N–H and O–H groups in total. The van der Waals surface area contributed by atoms with Gasteiger partial charge in [0.15, 0.2) is 5.78 Å². The molecule has 2 heterocycles. The third-order valence-electron chi connectivity index (χ3n) is 4.96. The van der Waals surface area contributed by atoms with Gasteiger partial charge in [0.2, 0.25) is 0 Å². The Kier molecular flexibility index (Phi) is 3.71. The molecule has 4 heteroatoms. The fourth-order valence-corrected chi connectivity index (χ4v) is 3.56.